The Morgan fingerprint density at radius 1 is 1.13 bits per heavy atom. The third-order valence-corrected chi connectivity index (χ3v) is 8.76. The number of aliphatic hydroxyl groups excluding tert-OH is 1. The van der Waals surface area contributed by atoms with Gasteiger partial charge in [-0.25, -0.2) is 0 Å². The summed E-state index contributed by atoms with van der Waals surface area (Å²) in [4.78, 5) is 0. The second kappa shape index (κ2) is 4.62. The van der Waals surface area contributed by atoms with Crippen LogP contribution >= 0.6 is 0 Å². The summed E-state index contributed by atoms with van der Waals surface area (Å²) in [6, 6.07) is 0. The fraction of sp³-hybridized carbons (Fsp3) is 0.850. The minimum Gasteiger partial charge on any atom is -0.393 e. The molecule has 3 saturated carbocycles. The molecular formula is C20H30N2O. The molecule has 0 saturated heterocycles. The maximum atomic E-state index is 10.1. The average Bonchev–Trinajstić information content (AvgIpc) is 3.09. The molecule has 7 unspecified atom stereocenters. The smallest absolute Gasteiger partial charge is 0.0543 e. The highest BCUT2D eigenvalue weighted by molar-refractivity contribution is 5.35. The van der Waals surface area contributed by atoms with Gasteiger partial charge in [-0.2, -0.15) is 5.10 Å². The standard InChI is InChI=1S/C20H30N2O/c1-19-7-5-14(23)10-13(19)3-4-15-16(19)6-8-20(2)17(15)9-12-11-21-22-18(12)20/h11,13-17,23H,3-10H2,1-2H3,(H,21,22). The van der Waals surface area contributed by atoms with Crippen LogP contribution in [0.25, 0.3) is 0 Å². The Hall–Kier alpha value is -0.830. The van der Waals surface area contributed by atoms with E-state index in [1.807, 2.05) is 0 Å². The van der Waals surface area contributed by atoms with Crippen molar-refractivity contribution in [2.75, 3.05) is 0 Å². The molecule has 1 aromatic rings. The Kier molecular flexibility index (Phi) is 2.92. The molecule has 126 valence electrons. The van der Waals surface area contributed by atoms with Crippen molar-refractivity contribution in [2.24, 2.45) is 29.1 Å². The van der Waals surface area contributed by atoms with Crippen LogP contribution in [0.2, 0.25) is 0 Å². The normalized spacial score (nSPS) is 51.5. The van der Waals surface area contributed by atoms with Gasteiger partial charge in [-0.1, -0.05) is 13.8 Å². The number of hydrogen-bond acceptors (Lipinski definition) is 2. The van der Waals surface area contributed by atoms with E-state index in [0.29, 0.717) is 10.8 Å². The molecule has 1 heterocycles. The fourth-order valence-electron chi connectivity index (χ4n) is 7.44. The second-order valence-corrected chi connectivity index (χ2v) is 9.52. The van der Waals surface area contributed by atoms with Crippen molar-refractivity contribution in [1.29, 1.82) is 0 Å². The topological polar surface area (TPSA) is 48.9 Å². The summed E-state index contributed by atoms with van der Waals surface area (Å²) in [5, 5.41) is 17.8. The Labute approximate surface area is 139 Å². The van der Waals surface area contributed by atoms with Gasteiger partial charge in [0.15, 0.2) is 0 Å². The van der Waals surface area contributed by atoms with E-state index in [1.54, 1.807) is 0 Å². The molecule has 2 N–H and O–H groups in total. The molecule has 0 bridgehead atoms. The van der Waals surface area contributed by atoms with Gasteiger partial charge < -0.3 is 5.11 Å². The molecule has 4 aliphatic carbocycles. The monoisotopic (exact) mass is 314 g/mol. The highest BCUT2D eigenvalue weighted by Crippen LogP contribution is 2.65. The van der Waals surface area contributed by atoms with E-state index in [0.717, 1.165) is 36.5 Å². The van der Waals surface area contributed by atoms with E-state index in [4.69, 9.17) is 0 Å². The first-order valence-corrected chi connectivity index (χ1v) is 9.73. The van der Waals surface area contributed by atoms with Crippen LogP contribution in [0.1, 0.15) is 70.1 Å². The van der Waals surface area contributed by atoms with Crippen LogP contribution in [0.4, 0.5) is 0 Å². The van der Waals surface area contributed by atoms with Crippen LogP contribution in [0, 0.1) is 29.1 Å². The van der Waals surface area contributed by atoms with E-state index < -0.39 is 0 Å². The molecule has 3 fully saturated rings. The molecule has 3 nitrogen and oxygen atoms in total. The molecule has 3 heteroatoms. The summed E-state index contributed by atoms with van der Waals surface area (Å²) in [7, 11) is 0. The molecule has 1 aromatic heterocycles. The molecule has 23 heavy (non-hydrogen) atoms. The van der Waals surface area contributed by atoms with Crippen molar-refractivity contribution in [1.82, 2.24) is 10.2 Å². The van der Waals surface area contributed by atoms with Gasteiger partial charge in [0, 0.05) is 11.1 Å². The van der Waals surface area contributed by atoms with Gasteiger partial charge in [0.1, 0.15) is 0 Å². The quantitative estimate of drug-likeness (QED) is 0.764. The predicted molar refractivity (Wildman–Crippen MR) is 90.0 cm³/mol. The first-order valence-electron chi connectivity index (χ1n) is 9.73. The lowest BCUT2D eigenvalue weighted by Gasteiger charge is -2.60. The first-order chi connectivity index (χ1) is 11.0. The third-order valence-electron chi connectivity index (χ3n) is 8.76. The number of rotatable bonds is 0. The SMILES string of the molecule is CC12CCC3C(CCC4CC(O)CCC43C)C1Cc1cn[nH]c12. The van der Waals surface area contributed by atoms with Crippen molar-refractivity contribution in [2.45, 2.75) is 76.7 Å². The van der Waals surface area contributed by atoms with Gasteiger partial charge >= 0.3 is 0 Å². The molecule has 5 rings (SSSR count). The summed E-state index contributed by atoms with van der Waals surface area (Å²) < 4.78 is 0. The summed E-state index contributed by atoms with van der Waals surface area (Å²) in [5.41, 5.74) is 3.76. The van der Waals surface area contributed by atoms with Crippen molar-refractivity contribution in [3.63, 3.8) is 0 Å². The van der Waals surface area contributed by atoms with Crippen LogP contribution in [-0.4, -0.2) is 21.4 Å². The van der Waals surface area contributed by atoms with E-state index >= 15 is 0 Å². The third kappa shape index (κ3) is 1.78. The lowest BCUT2D eigenvalue weighted by Crippen LogP contribution is -2.54. The molecular weight excluding hydrogens is 284 g/mol. The molecule has 7 atom stereocenters. The van der Waals surface area contributed by atoms with Crippen LogP contribution in [0.3, 0.4) is 0 Å². The van der Waals surface area contributed by atoms with Crippen LogP contribution < -0.4 is 0 Å². The van der Waals surface area contributed by atoms with Crippen LogP contribution in [-0.2, 0) is 11.8 Å². The molecule has 0 aliphatic heterocycles. The zero-order chi connectivity index (χ0) is 15.8. The number of nitrogens with zero attached hydrogens (tertiary/aromatic N) is 1. The number of fused-ring (bicyclic) bond motifs is 7. The Bertz CT molecular complexity index is 625. The highest BCUT2D eigenvalue weighted by atomic mass is 16.3. The van der Waals surface area contributed by atoms with E-state index in [9.17, 15) is 5.11 Å². The number of nitrogens with one attached hydrogen (secondary N) is 1. The second-order valence-electron chi connectivity index (χ2n) is 9.52. The Morgan fingerprint density at radius 3 is 2.87 bits per heavy atom. The molecule has 4 aliphatic rings. The number of aromatic amines is 1. The zero-order valence-corrected chi connectivity index (χ0v) is 14.5. The summed E-state index contributed by atoms with van der Waals surface area (Å²) in [6.07, 6.45) is 12.0. The summed E-state index contributed by atoms with van der Waals surface area (Å²) in [6.45, 7) is 5.07. The van der Waals surface area contributed by atoms with Gasteiger partial charge in [0.2, 0.25) is 0 Å². The predicted octanol–water partition coefficient (Wildman–Crippen LogP) is 3.83. The van der Waals surface area contributed by atoms with Gasteiger partial charge in [-0.15, -0.1) is 0 Å². The molecule has 0 amide bonds. The minimum absolute atomic E-state index is 0.0316. The van der Waals surface area contributed by atoms with Crippen LogP contribution in [0.5, 0.6) is 0 Å². The number of H-pyrrole nitrogens is 1. The van der Waals surface area contributed by atoms with Gasteiger partial charge in [0.25, 0.3) is 0 Å². The fourth-order valence-corrected chi connectivity index (χ4v) is 7.44. The molecule has 0 spiro atoms. The van der Waals surface area contributed by atoms with Crippen molar-refractivity contribution in [3.8, 4) is 0 Å². The first kappa shape index (κ1) is 14.5. The zero-order valence-electron chi connectivity index (χ0n) is 14.5. The maximum absolute atomic E-state index is 10.1. The van der Waals surface area contributed by atoms with Crippen molar-refractivity contribution >= 4 is 0 Å². The van der Waals surface area contributed by atoms with E-state index in [1.165, 1.54) is 49.8 Å². The van der Waals surface area contributed by atoms with Crippen LogP contribution in [0.15, 0.2) is 6.20 Å². The molecule has 0 radical (unpaired) electrons. The number of hydrogen-bond donors (Lipinski definition) is 2. The van der Waals surface area contributed by atoms with Gasteiger partial charge in [-0.3, -0.25) is 5.10 Å². The van der Waals surface area contributed by atoms with E-state index in [-0.39, 0.29) is 6.10 Å². The number of aliphatic hydroxyl groups is 1. The van der Waals surface area contributed by atoms with Crippen molar-refractivity contribution in [3.05, 3.63) is 17.5 Å². The van der Waals surface area contributed by atoms with E-state index in [2.05, 4.69) is 30.2 Å². The lowest BCUT2D eigenvalue weighted by atomic mass is 9.45. The lowest BCUT2D eigenvalue weighted by molar-refractivity contribution is -0.111. The Balaban J connectivity index is 1.49. The summed E-state index contributed by atoms with van der Waals surface area (Å²) >= 11 is 0. The Morgan fingerprint density at radius 2 is 2.00 bits per heavy atom. The summed E-state index contributed by atoms with van der Waals surface area (Å²) in [5.74, 6) is 3.34. The van der Waals surface area contributed by atoms with Crippen molar-refractivity contribution < 1.29 is 5.11 Å². The van der Waals surface area contributed by atoms with Gasteiger partial charge in [0.05, 0.1) is 12.3 Å². The average molecular weight is 314 g/mol. The molecule has 0 aromatic carbocycles. The largest absolute Gasteiger partial charge is 0.393 e. The number of aromatic nitrogens is 2. The minimum atomic E-state index is -0.0316. The maximum Gasteiger partial charge on any atom is 0.0543 e. The van der Waals surface area contributed by atoms with Gasteiger partial charge in [-0.05, 0) is 86.0 Å². The highest BCUT2D eigenvalue weighted by Gasteiger charge is 2.59.